The van der Waals surface area contributed by atoms with Crippen molar-refractivity contribution in [3.05, 3.63) is 29.8 Å². The second-order valence-electron chi connectivity index (χ2n) is 4.95. The van der Waals surface area contributed by atoms with Crippen LogP contribution in [0.25, 0.3) is 0 Å². The normalized spacial score (nSPS) is 23.1. The molecule has 2 heterocycles. The van der Waals surface area contributed by atoms with Crippen molar-refractivity contribution >= 4 is 15.7 Å². The van der Waals surface area contributed by atoms with Gasteiger partial charge in [-0.1, -0.05) is 32.0 Å². The summed E-state index contributed by atoms with van der Waals surface area (Å²) >= 11 is 0. The summed E-state index contributed by atoms with van der Waals surface area (Å²) in [7, 11) is -1.23. The molecular weight excluding hydrogens is 260 g/mol. The second-order valence-corrected chi connectivity index (χ2v) is 6.94. The molecule has 106 valence electrons. The highest BCUT2D eigenvalue weighted by Gasteiger charge is 2.52. The third-order valence-corrected chi connectivity index (χ3v) is 6.12. The van der Waals surface area contributed by atoms with E-state index in [2.05, 4.69) is 9.62 Å². The maximum absolute atomic E-state index is 12.4. The minimum Gasteiger partial charge on any atom is -0.306 e. The molecule has 0 bridgehead atoms. The van der Waals surface area contributed by atoms with Crippen molar-refractivity contribution in [3.63, 3.8) is 0 Å². The third-order valence-electron chi connectivity index (χ3n) is 3.97. The molecule has 0 saturated carbocycles. The maximum atomic E-state index is 12.4. The van der Waals surface area contributed by atoms with Gasteiger partial charge in [-0.3, -0.25) is 4.72 Å². The van der Waals surface area contributed by atoms with Gasteiger partial charge in [-0.05, 0) is 44.6 Å². The molecule has 0 atom stereocenters. The van der Waals surface area contributed by atoms with Crippen LogP contribution in [-0.2, 0) is 14.8 Å². The lowest BCUT2D eigenvalue weighted by Gasteiger charge is -2.36. The Bertz CT molecular complexity index is 546. The summed E-state index contributed by atoms with van der Waals surface area (Å²) in [5.41, 5.74) is 1.71. The quantitative estimate of drug-likeness (QED) is 0.795. The van der Waals surface area contributed by atoms with Gasteiger partial charge in [0, 0.05) is 0 Å². The van der Waals surface area contributed by atoms with Crippen LogP contribution in [0.3, 0.4) is 0 Å². The number of fused-ring (bicyclic) bond motifs is 2. The molecule has 1 N–H and O–H groups in total. The Hall–Kier alpha value is -1.07. The van der Waals surface area contributed by atoms with Crippen LogP contribution in [0.15, 0.2) is 24.3 Å². The van der Waals surface area contributed by atoms with E-state index in [1.54, 1.807) is 0 Å². The smallest absolute Gasteiger partial charge is 0.242 e. The van der Waals surface area contributed by atoms with E-state index >= 15 is 0 Å². The van der Waals surface area contributed by atoms with Gasteiger partial charge in [0.25, 0.3) is 0 Å². The number of likely N-dealkylation sites (tertiary alicyclic amines) is 1. The summed E-state index contributed by atoms with van der Waals surface area (Å²) < 4.78 is 26.7. The summed E-state index contributed by atoms with van der Waals surface area (Å²) in [6.07, 6.45) is 1.35. The molecule has 4 nitrogen and oxygen atoms in total. The fourth-order valence-electron chi connectivity index (χ4n) is 2.87. The van der Waals surface area contributed by atoms with Gasteiger partial charge in [-0.15, -0.1) is 0 Å². The molecule has 1 fully saturated rings. The zero-order valence-electron chi connectivity index (χ0n) is 11.8. The molecule has 2 aliphatic heterocycles. The van der Waals surface area contributed by atoms with E-state index in [1.807, 2.05) is 45.2 Å². The molecule has 1 saturated heterocycles. The van der Waals surface area contributed by atoms with Gasteiger partial charge in [0.05, 0.1) is 5.69 Å². The lowest BCUT2D eigenvalue weighted by Crippen LogP contribution is -2.44. The first-order valence-electron chi connectivity index (χ1n) is 6.86. The van der Waals surface area contributed by atoms with E-state index < -0.39 is 14.8 Å². The minimum absolute atomic E-state index is 0.676. The zero-order chi connectivity index (χ0) is 14.1. The molecule has 1 aromatic carbocycles. The van der Waals surface area contributed by atoms with Crippen molar-refractivity contribution in [1.82, 2.24) is 4.90 Å². The predicted octanol–water partition coefficient (Wildman–Crippen LogP) is 2.39. The molecule has 0 amide bonds. The zero-order valence-corrected chi connectivity index (χ0v) is 12.6. The second kappa shape index (κ2) is 5.13. The van der Waals surface area contributed by atoms with E-state index in [0.717, 1.165) is 24.3 Å². The molecule has 5 heteroatoms. The van der Waals surface area contributed by atoms with Crippen LogP contribution in [0.5, 0.6) is 0 Å². The Labute approximate surface area is 115 Å². The average molecular weight is 282 g/mol. The van der Waals surface area contributed by atoms with Crippen molar-refractivity contribution in [2.24, 2.45) is 0 Å². The number of hydrogen-bond donors (Lipinski definition) is 1. The first-order chi connectivity index (χ1) is 9.05. The predicted molar refractivity (Wildman–Crippen MR) is 78.7 cm³/mol. The van der Waals surface area contributed by atoms with Crippen LogP contribution in [0.2, 0.25) is 0 Å². The van der Waals surface area contributed by atoms with Gasteiger partial charge >= 0.3 is 0 Å². The molecule has 0 radical (unpaired) electrons. The van der Waals surface area contributed by atoms with Crippen LogP contribution < -0.4 is 4.72 Å². The molecule has 0 aliphatic carbocycles. The number of benzene rings is 1. The topological polar surface area (TPSA) is 49.4 Å². The Morgan fingerprint density at radius 3 is 2.37 bits per heavy atom. The first-order valence-corrected chi connectivity index (χ1v) is 8.34. The number of sulfonamides is 1. The minimum atomic E-state index is -3.27. The van der Waals surface area contributed by atoms with Crippen molar-refractivity contribution in [1.29, 1.82) is 0 Å². The Morgan fingerprint density at radius 1 is 1.16 bits per heavy atom. The molecule has 19 heavy (non-hydrogen) atoms. The van der Waals surface area contributed by atoms with Gasteiger partial charge in [0.1, 0.15) is 4.75 Å². The van der Waals surface area contributed by atoms with Gasteiger partial charge in [0.2, 0.25) is 10.0 Å². The summed E-state index contributed by atoms with van der Waals surface area (Å²) in [6.45, 7) is 5.66. The van der Waals surface area contributed by atoms with Gasteiger partial charge in [-0.2, -0.15) is 0 Å². The number of nitrogens with zero attached hydrogens (tertiary/aromatic N) is 1. The third kappa shape index (κ3) is 2.15. The fourth-order valence-corrected chi connectivity index (χ4v) is 4.72. The Morgan fingerprint density at radius 2 is 1.74 bits per heavy atom. The van der Waals surface area contributed by atoms with E-state index in [4.69, 9.17) is 0 Å². The Kier molecular flexibility index (Phi) is 3.87. The molecule has 0 aromatic heterocycles. The van der Waals surface area contributed by atoms with E-state index in [-0.39, 0.29) is 0 Å². The number of nitrogens with one attached hydrogen (secondary N) is 1. The van der Waals surface area contributed by atoms with Crippen LogP contribution in [0.1, 0.15) is 32.3 Å². The van der Waals surface area contributed by atoms with Gasteiger partial charge in [0.15, 0.2) is 0 Å². The molecule has 1 spiro atoms. The molecular formula is C14H22N2O2S. The Balaban J connectivity index is 0.000000637. The summed E-state index contributed by atoms with van der Waals surface area (Å²) in [4.78, 5) is 2.18. The fraction of sp³-hybridized carbons (Fsp3) is 0.571. The lowest BCUT2D eigenvalue weighted by atomic mass is 9.87. The summed E-state index contributed by atoms with van der Waals surface area (Å²) in [5.74, 6) is 0. The van der Waals surface area contributed by atoms with Crippen LogP contribution >= 0.6 is 0 Å². The van der Waals surface area contributed by atoms with E-state index in [9.17, 15) is 8.42 Å². The average Bonchev–Trinajstić information content (AvgIpc) is 2.63. The van der Waals surface area contributed by atoms with Gasteiger partial charge < -0.3 is 4.90 Å². The number of hydrogen-bond acceptors (Lipinski definition) is 3. The monoisotopic (exact) mass is 282 g/mol. The molecule has 1 aromatic rings. The highest BCUT2D eigenvalue weighted by molar-refractivity contribution is 7.94. The van der Waals surface area contributed by atoms with Crippen molar-refractivity contribution in [2.45, 2.75) is 31.4 Å². The lowest BCUT2D eigenvalue weighted by molar-refractivity contribution is 0.235. The van der Waals surface area contributed by atoms with Gasteiger partial charge in [-0.25, -0.2) is 8.42 Å². The number of piperidine rings is 1. The highest BCUT2D eigenvalue weighted by Crippen LogP contribution is 2.48. The standard InChI is InChI=1S/C12H16N2O2S.C2H6/c1-14-8-6-12(7-9-14)10-4-2-3-5-11(10)13-17(12,15)16;1-2/h2-5,13H,6-9H2,1H3;1-2H3. The summed E-state index contributed by atoms with van der Waals surface area (Å²) in [5, 5.41) is 0. The largest absolute Gasteiger partial charge is 0.306 e. The highest BCUT2D eigenvalue weighted by atomic mass is 32.2. The van der Waals surface area contributed by atoms with E-state index in [0.29, 0.717) is 12.8 Å². The first kappa shape index (κ1) is 14.3. The summed E-state index contributed by atoms with van der Waals surface area (Å²) in [6, 6.07) is 7.58. The maximum Gasteiger partial charge on any atom is 0.242 e. The van der Waals surface area contributed by atoms with Crippen LogP contribution in [0.4, 0.5) is 5.69 Å². The number of rotatable bonds is 0. The van der Waals surface area contributed by atoms with Crippen molar-refractivity contribution < 1.29 is 8.42 Å². The van der Waals surface area contributed by atoms with E-state index in [1.165, 1.54) is 0 Å². The van der Waals surface area contributed by atoms with Crippen LogP contribution in [-0.4, -0.2) is 33.5 Å². The van der Waals surface area contributed by atoms with Crippen molar-refractivity contribution in [2.75, 3.05) is 24.9 Å². The van der Waals surface area contributed by atoms with Crippen molar-refractivity contribution in [3.8, 4) is 0 Å². The molecule has 0 unspecified atom stereocenters. The van der Waals surface area contributed by atoms with Crippen LogP contribution in [0, 0.1) is 0 Å². The number of anilines is 1. The number of para-hydroxylation sites is 1. The molecule has 3 rings (SSSR count). The molecule has 2 aliphatic rings. The SMILES string of the molecule is CC.CN1CCC2(CC1)c1ccccc1NS2(=O)=O.